The second kappa shape index (κ2) is 6.78. The molecule has 1 amide bonds. The summed E-state index contributed by atoms with van der Waals surface area (Å²) < 4.78 is 5.54. The van der Waals surface area contributed by atoms with Crippen LogP contribution in [-0.2, 0) is 9.59 Å². The molecular weight excluding hydrogens is 246 g/mol. The maximum absolute atomic E-state index is 12.0. The molecule has 0 radical (unpaired) electrons. The molecule has 1 atom stereocenters. The van der Waals surface area contributed by atoms with Crippen molar-refractivity contribution in [2.75, 3.05) is 13.1 Å². The Morgan fingerprint density at radius 3 is 2.63 bits per heavy atom. The molecule has 1 unspecified atom stereocenters. The van der Waals surface area contributed by atoms with Crippen LogP contribution in [0.15, 0.2) is 24.3 Å². The first-order chi connectivity index (χ1) is 8.93. The molecule has 0 aliphatic carbocycles. The fourth-order valence-corrected chi connectivity index (χ4v) is 1.71. The molecule has 0 saturated heterocycles. The molecule has 0 aliphatic rings. The Morgan fingerprint density at radius 2 is 2.11 bits per heavy atom. The van der Waals surface area contributed by atoms with Crippen LogP contribution in [0.25, 0.3) is 0 Å². The summed E-state index contributed by atoms with van der Waals surface area (Å²) in [5.74, 6) is -0.753. The molecule has 19 heavy (non-hydrogen) atoms. The van der Waals surface area contributed by atoms with Crippen LogP contribution in [0.4, 0.5) is 0 Å². The average molecular weight is 265 g/mol. The number of likely N-dealkylation sites (N-methyl/N-ethyl adjacent to an activating group) is 1. The maximum atomic E-state index is 12.0. The minimum Gasteiger partial charge on any atom is -0.481 e. The summed E-state index contributed by atoms with van der Waals surface area (Å²) in [7, 11) is 0. The van der Waals surface area contributed by atoms with E-state index in [-0.39, 0.29) is 12.5 Å². The molecule has 0 saturated carbocycles. The predicted molar refractivity (Wildman–Crippen MR) is 71.2 cm³/mol. The zero-order valence-corrected chi connectivity index (χ0v) is 11.4. The van der Waals surface area contributed by atoms with Gasteiger partial charge in [-0.1, -0.05) is 12.1 Å². The van der Waals surface area contributed by atoms with Gasteiger partial charge in [-0.25, -0.2) is 0 Å². The van der Waals surface area contributed by atoms with Crippen LogP contribution >= 0.6 is 0 Å². The molecule has 5 heteroatoms. The fraction of sp³-hybridized carbons (Fsp3) is 0.429. The minimum absolute atomic E-state index is 0.309. The molecule has 0 heterocycles. The number of ether oxygens (including phenoxy) is 1. The number of benzene rings is 1. The summed E-state index contributed by atoms with van der Waals surface area (Å²) in [4.78, 5) is 24.0. The van der Waals surface area contributed by atoms with Gasteiger partial charge in [0.2, 0.25) is 0 Å². The average Bonchev–Trinajstić information content (AvgIpc) is 2.34. The highest BCUT2D eigenvalue weighted by Gasteiger charge is 2.22. The van der Waals surface area contributed by atoms with E-state index in [0.717, 1.165) is 5.56 Å². The van der Waals surface area contributed by atoms with Gasteiger partial charge in [0.05, 0.1) is 0 Å². The molecular formula is C14H19NO4. The number of nitrogens with zero attached hydrogens (tertiary/aromatic N) is 1. The van der Waals surface area contributed by atoms with Crippen LogP contribution < -0.4 is 4.74 Å². The molecule has 104 valence electrons. The van der Waals surface area contributed by atoms with Crippen molar-refractivity contribution in [1.82, 2.24) is 4.90 Å². The van der Waals surface area contributed by atoms with Gasteiger partial charge >= 0.3 is 5.97 Å². The van der Waals surface area contributed by atoms with Crippen molar-refractivity contribution in [3.8, 4) is 5.75 Å². The van der Waals surface area contributed by atoms with Gasteiger partial charge in [0.15, 0.2) is 6.10 Å². The number of carboxylic acid groups (broad SMARTS) is 1. The summed E-state index contributed by atoms with van der Waals surface area (Å²) >= 11 is 0. The summed E-state index contributed by atoms with van der Waals surface area (Å²) in [5.41, 5.74) is 1.04. The van der Waals surface area contributed by atoms with E-state index in [0.29, 0.717) is 12.3 Å². The van der Waals surface area contributed by atoms with Crippen molar-refractivity contribution in [3.63, 3.8) is 0 Å². The van der Waals surface area contributed by atoms with Gasteiger partial charge in [0.25, 0.3) is 5.91 Å². The van der Waals surface area contributed by atoms with Gasteiger partial charge in [-0.2, -0.15) is 0 Å². The monoisotopic (exact) mass is 265 g/mol. The van der Waals surface area contributed by atoms with Gasteiger partial charge in [-0.15, -0.1) is 0 Å². The second-order valence-corrected chi connectivity index (χ2v) is 4.32. The Hall–Kier alpha value is -2.04. The topological polar surface area (TPSA) is 66.8 Å². The van der Waals surface area contributed by atoms with E-state index in [4.69, 9.17) is 9.84 Å². The highest BCUT2D eigenvalue weighted by atomic mass is 16.5. The smallest absolute Gasteiger partial charge is 0.323 e. The number of carbonyl (C=O) groups excluding carboxylic acids is 1. The Kier molecular flexibility index (Phi) is 5.36. The standard InChI is InChI=1S/C14H19NO4/c1-4-15(9-13(16)17)14(18)11(3)19-12-7-5-6-10(2)8-12/h5-8,11H,4,9H2,1-3H3,(H,16,17). The fourth-order valence-electron chi connectivity index (χ4n) is 1.71. The lowest BCUT2D eigenvalue weighted by molar-refractivity contribution is -0.147. The van der Waals surface area contributed by atoms with Crippen LogP contribution in [0.3, 0.4) is 0 Å². The van der Waals surface area contributed by atoms with E-state index in [9.17, 15) is 9.59 Å². The molecule has 0 spiro atoms. The molecule has 0 aliphatic heterocycles. The Labute approximate surface area is 112 Å². The van der Waals surface area contributed by atoms with Crippen molar-refractivity contribution >= 4 is 11.9 Å². The lowest BCUT2D eigenvalue weighted by Gasteiger charge is -2.23. The molecule has 1 N–H and O–H groups in total. The van der Waals surface area contributed by atoms with Crippen LogP contribution in [0.1, 0.15) is 19.4 Å². The van der Waals surface area contributed by atoms with E-state index in [1.165, 1.54) is 4.90 Å². The molecule has 0 fully saturated rings. The van der Waals surface area contributed by atoms with Crippen LogP contribution in [0.2, 0.25) is 0 Å². The summed E-state index contributed by atoms with van der Waals surface area (Å²) in [5, 5.41) is 8.74. The van der Waals surface area contributed by atoms with E-state index in [1.807, 2.05) is 25.1 Å². The molecule has 0 aromatic heterocycles. The quantitative estimate of drug-likeness (QED) is 0.850. The number of amides is 1. The third-order valence-electron chi connectivity index (χ3n) is 2.67. The van der Waals surface area contributed by atoms with E-state index in [1.54, 1.807) is 19.9 Å². The Balaban J connectivity index is 2.68. The largest absolute Gasteiger partial charge is 0.481 e. The highest BCUT2D eigenvalue weighted by molar-refractivity contribution is 5.84. The van der Waals surface area contributed by atoms with Crippen LogP contribution in [-0.4, -0.2) is 41.1 Å². The van der Waals surface area contributed by atoms with Crippen molar-refractivity contribution < 1.29 is 19.4 Å². The van der Waals surface area contributed by atoms with Gasteiger partial charge in [0.1, 0.15) is 12.3 Å². The third kappa shape index (κ3) is 4.62. The van der Waals surface area contributed by atoms with Crippen molar-refractivity contribution in [1.29, 1.82) is 0 Å². The zero-order chi connectivity index (χ0) is 14.4. The Morgan fingerprint density at radius 1 is 1.42 bits per heavy atom. The minimum atomic E-state index is -1.03. The summed E-state index contributed by atoms with van der Waals surface area (Å²) in [6.07, 6.45) is -0.707. The number of carboxylic acids is 1. The third-order valence-corrected chi connectivity index (χ3v) is 2.67. The summed E-state index contributed by atoms with van der Waals surface area (Å²) in [6.45, 7) is 5.32. The van der Waals surface area contributed by atoms with E-state index < -0.39 is 12.1 Å². The van der Waals surface area contributed by atoms with Gasteiger partial charge in [0, 0.05) is 6.54 Å². The maximum Gasteiger partial charge on any atom is 0.323 e. The first-order valence-corrected chi connectivity index (χ1v) is 6.18. The van der Waals surface area contributed by atoms with Gasteiger partial charge in [-0.05, 0) is 38.5 Å². The van der Waals surface area contributed by atoms with Crippen LogP contribution in [0, 0.1) is 6.92 Å². The summed E-state index contributed by atoms with van der Waals surface area (Å²) in [6, 6.07) is 7.38. The number of rotatable bonds is 6. The van der Waals surface area contributed by atoms with Crippen molar-refractivity contribution in [2.24, 2.45) is 0 Å². The normalized spacial score (nSPS) is 11.7. The molecule has 5 nitrogen and oxygen atoms in total. The van der Waals surface area contributed by atoms with Crippen LogP contribution in [0.5, 0.6) is 5.75 Å². The lowest BCUT2D eigenvalue weighted by atomic mass is 10.2. The van der Waals surface area contributed by atoms with E-state index in [2.05, 4.69) is 0 Å². The molecule has 1 aromatic carbocycles. The van der Waals surface area contributed by atoms with Gasteiger partial charge in [-0.3, -0.25) is 9.59 Å². The number of aryl methyl sites for hydroxylation is 1. The lowest BCUT2D eigenvalue weighted by Crippen LogP contribution is -2.43. The van der Waals surface area contributed by atoms with Gasteiger partial charge < -0.3 is 14.7 Å². The second-order valence-electron chi connectivity index (χ2n) is 4.32. The van der Waals surface area contributed by atoms with E-state index >= 15 is 0 Å². The molecule has 1 rings (SSSR count). The predicted octanol–water partition coefficient (Wildman–Crippen LogP) is 1.70. The number of carbonyl (C=O) groups is 2. The number of aliphatic carboxylic acids is 1. The Bertz CT molecular complexity index is 459. The number of hydrogen-bond acceptors (Lipinski definition) is 3. The highest BCUT2D eigenvalue weighted by Crippen LogP contribution is 2.15. The SMILES string of the molecule is CCN(CC(=O)O)C(=O)C(C)Oc1cccc(C)c1. The zero-order valence-electron chi connectivity index (χ0n) is 11.4. The molecule has 1 aromatic rings. The van der Waals surface area contributed by atoms with Crippen molar-refractivity contribution in [3.05, 3.63) is 29.8 Å². The van der Waals surface area contributed by atoms with Crippen molar-refractivity contribution in [2.45, 2.75) is 26.9 Å². The molecule has 0 bridgehead atoms. The first kappa shape index (κ1) is 15.0. The number of hydrogen-bond donors (Lipinski definition) is 1. The first-order valence-electron chi connectivity index (χ1n) is 6.18.